The van der Waals surface area contributed by atoms with Gasteiger partial charge in [-0.3, -0.25) is 0 Å². The summed E-state index contributed by atoms with van der Waals surface area (Å²) in [4.78, 5) is 10.0. The molecule has 6 nitrogen and oxygen atoms in total. The summed E-state index contributed by atoms with van der Waals surface area (Å²) in [6.45, 7) is 0. The predicted molar refractivity (Wildman–Crippen MR) is 233 cm³/mol. The van der Waals surface area contributed by atoms with Crippen LogP contribution < -0.4 is 5.32 Å². The lowest BCUT2D eigenvalue weighted by Crippen LogP contribution is -2.33. The number of hydrogen-bond acceptors (Lipinski definition) is 5. The van der Waals surface area contributed by atoms with Crippen LogP contribution in [0.2, 0.25) is 0 Å². The Labute approximate surface area is 326 Å². The maximum absolute atomic E-state index is 6.78. The van der Waals surface area contributed by atoms with Crippen molar-refractivity contribution in [3.05, 3.63) is 199 Å². The fourth-order valence-electron chi connectivity index (χ4n) is 8.56. The van der Waals surface area contributed by atoms with E-state index in [1.807, 2.05) is 48.5 Å². The van der Waals surface area contributed by atoms with Crippen molar-refractivity contribution in [2.24, 2.45) is 9.98 Å². The molecule has 1 aliphatic heterocycles. The second-order valence-electron chi connectivity index (χ2n) is 14.6. The van der Waals surface area contributed by atoms with Crippen LogP contribution in [0.5, 0.6) is 0 Å². The number of hydrogen-bond donors (Lipinski definition) is 1. The van der Waals surface area contributed by atoms with Gasteiger partial charge in [0.05, 0.1) is 11.0 Å². The molecule has 4 heterocycles. The molecule has 3 aromatic heterocycles. The normalized spacial score (nSPS) is 14.5. The number of aromatic nitrogens is 1. The van der Waals surface area contributed by atoms with E-state index in [1.165, 1.54) is 21.8 Å². The molecule has 0 saturated heterocycles. The van der Waals surface area contributed by atoms with Gasteiger partial charge >= 0.3 is 0 Å². The van der Waals surface area contributed by atoms with Gasteiger partial charge in [0.1, 0.15) is 34.3 Å². The minimum absolute atomic E-state index is 0.274. The van der Waals surface area contributed by atoms with Crippen LogP contribution in [-0.4, -0.2) is 16.2 Å². The van der Waals surface area contributed by atoms with Crippen LogP contribution in [-0.2, 0) is 0 Å². The van der Waals surface area contributed by atoms with Crippen LogP contribution >= 0.6 is 0 Å². The van der Waals surface area contributed by atoms with Gasteiger partial charge in [-0.15, -0.1) is 0 Å². The molecule has 0 bridgehead atoms. The molecule has 57 heavy (non-hydrogen) atoms. The highest BCUT2D eigenvalue weighted by Crippen LogP contribution is 2.40. The molecule has 0 aliphatic carbocycles. The van der Waals surface area contributed by atoms with Crippen LogP contribution in [0.3, 0.4) is 0 Å². The van der Waals surface area contributed by atoms with Crippen molar-refractivity contribution in [3.8, 4) is 16.8 Å². The summed E-state index contributed by atoms with van der Waals surface area (Å²) in [5, 5.41) is 10.3. The maximum Gasteiger partial charge on any atom is 0.159 e. The highest BCUT2D eigenvalue weighted by Gasteiger charge is 2.22. The maximum atomic E-state index is 6.78. The summed E-state index contributed by atoms with van der Waals surface area (Å²) in [6.07, 6.45) is -0.274. The number of benzene rings is 8. The zero-order valence-electron chi connectivity index (χ0n) is 30.6. The van der Waals surface area contributed by atoms with Gasteiger partial charge in [-0.2, -0.15) is 0 Å². The molecule has 1 atom stereocenters. The third kappa shape index (κ3) is 5.04. The third-order valence-electron chi connectivity index (χ3n) is 11.3. The number of aliphatic imine (C=N–C) groups is 2. The Kier molecular flexibility index (Phi) is 6.89. The Morgan fingerprint density at radius 1 is 0.456 bits per heavy atom. The van der Waals surface area contributed by atoms with Crippen molar-refractivity contribution in [1.29, 1.82) is 0 Å². The lowest BCUT2D eigenvalue weighted by molar-refractivity contribution is 0.666. The molecule has 8 aromatic carbocycles. The molecule has 0 fully saturated rings. The Hall–Kier alpha value is -7.70. The van der Waals surface area contributed by atoms with Crippen molar-refractivity contribution in [2.75, 3.05) is 0 Å². The quantitative estimate of drug-likeness (QED) is 0.192. The van der Waals surface area contributed by atoms with Crippen LogP contribution in [0.15, 0.2) is 201 Å². The molecule has 0 spiro atoms. The second-order valence-corrected chi connectivity index (χ2v) is 14.6. The minimum Gasteiger partial charge on any atom is -0.456 e. The highest BCUT2D eigenvalue weighted by atomic mass is 16.3. The molecular weight excluding hydrogens is 701 g/mol. The Morgan fingerprint density at radius 2 is 1.12 bits per heavy atom. The van der Waals surface area contributed by atoms with Gasteiger partial charge in [0.2, 0.25) is 0 Å². The fraction of sp³-hybridized carbons (Fsp3) is 0.0196. The van der Waals surface area contributed by atoms with Gasteiger partial charge in [0.15, 0.2) is 5.84 Å². The highest BCUT2D eigenvalue weighted by molar-refractivity contribution is 6.16. The summed E-state index contributed by atoms with van der Waals surface area (Å²) in [5.41, 5.74) is 11.8. The summed E-state index contributed by atoms with van der Waals surface area (Å²) in [5.74, 6) is 1.44. The monoisotopic (exact) mass is 732 g/mol. The van der Waals surface area contributed by atoms with E-state index < -0.39 is 0 Å². The summed E-state index contributed by atoms with van der Waals surface area (Å²) in [6, 6.07) is 63.2. The summed E-state index contributed by atoms with van der Waals surface area (Å²) < 4.78 is 15.6. The van der Waals surface area contributed by atoms with Crippen LogP contribution in [0.25, 0.3) is 82.5 Å². The van der Waals surface area contributed by atoms with E-state index in [-0.39, 0.29) is 6.17 Å². The second kappa shape index (κ2) is 12.4. The molecule has 0 amide bonds. The molecule has 0 saturated carbocycles. The van der Waals surface area contributed by atoms with Gasteiger partial charge in [0, 0.05) is 60.8 Å². The van der Waals surface area contributed by atoms with Crippen LogP contribution in [0.4, 0.5) is 0 Å². The number of fused-ring (bicyclic) bond motifs is 9. The van der Waals surface area contributed by atoms with Crippen molar-refractivity contribution < 1.29 is 8.83 Å². The molecule has 12 rings (SSSR count). The summed E-state index contributed by atoms with van der Waals surface area (Å²) in [7, 11) is 0. The van der Waals surface area contributed by atoms with E-state index >= 15 is 0 Å². The summed E-state index contributed by atoms with van der Waals surface area (Å²) >= 11 is 0. The van der Waals surface area contributed by atoms with Crippen molar-refractivity contribution in [2.45, 2.75) is 6.17 Å². The van der Waals surface area contributed by atoms with Crippen molar-refractivity contribution in [3.63, 3.8) is 0 Å². The SMILES string of the molecule is c1ccc(C2=NC(c3ccccc3)NC(c3ccc4c(c3)oc3ccc(-c5cccc6c5oc5cc(-n7c8ccccc8c8ccccc87)ccc56)cc34)=N2)cc1. The van der Waals surface area contributed by atoms with E-state index in [0.29, 0.717) is 5.84 Å². The first-order chi connectivity index (χ1) is 28.2. The molecule has 6 heteroatoms. The van der Waals surface area contributed by atoms with E-state index in [2.05, 4.69) is 143 Å². The smallest absolute Gasteiger partial charge is 0.159 e. The molecule has 1 N–H and O–H groups in total. The van der Waals surface area contributed by atoms with Gasteiger partial charge in [-0.05, 0) is 59.7 Å². The number of nitrogens with one attached hydrogen (secondary N) is 1. The zero-order valence-corrected chi connectivity index (χ0v) is 30.6. The Morgan fingerprint density at radius 3 is 1.93 bits per heavy atom. The Balaban J connectivity index is 0.937. The van der Waals surface area contributed by atoms with Gasteiger partial charge in [0.25, 0.3) is 0 Å². The Bertz CT molecular complexity index is 3390. The van der Waals surface area contributed by atoms with Crippen LogP contribution in [0, 0.1) is 0 Å². The average molecular weight is 733 g/mol. The fourth-order valence-corrected chi connectivity index (χ4v) is 8.56. The molecule has 1 aliphatic rings. The number of rotatable bonds is 5. The first kappa shape index (κ1) is 31.6. The molecule has 11 aromatic rings. The molecular formula is C51H32N4O2. The number of amidine groups is 2. The zero-order chi connectivity index (χ0) is 37.5. The lowest BCUT2D eigenvalue weighted by Gasteiger charge is -2.23. The average Bonchev–Trinajstić information content (AvgIpc) is 3.95. The van der Waals surface area contributed by atoms with Crippen molar-refractivity contribution in [1.82, 2.24) is 9.88 Å². The first-order valence-electron chi connectivity index (χ1n) is 19.2. The molecule has 1 unspecified atom stereocenters. The van der Waals surface area contributed by atoms with E-state index in [1.54, 1.807) is 0 Å². The van der Waals surface area contributed by atoms with Gasteiger partial charge in [-0.1, -0.05) is 127 Å². The number of para-hydroxylation sites is 3. The van der Waals surface area contributed by atoms with Crippen molar-refractivity contribution >= 4 is 77.4 Å². The topological polar surface area (TPSA) is 68.0 Å². The molecule has 0 radical (unpaired) electrons. The number of furan rings is 2. The minimum atomic E-state index is -0.274. The standard InChI is InChI=1S/C51H32N4O2/c1-3-12-31(13-4-1)49-52-50(32-14-5-2-6-15-32)54-51(53-49)34-22-25-40-42-28-33(23-27-45(42)56-46(40)29-34)36-18-11-19-41-39-26-24-35(30-47(39)57-48(36)41)55-43-20-9-7-16-37(43)38-17-8-10-21-44(38)55/h1-30,49H,(H,52,53,54). The lowest BCUT2D eigenvalue weighted by atomic mass is 10.00. The van der Waals surface area contributed by atoms with Gasteiger partial charge < -0.3 is 18.7 Å². The third-order valence-corrected chi connectivity index (χ3v) is 11.3. The first-order valence-corrected chi connectivity index (χ1v) is 19.2. The van der Waals surface area contributed by atoms with E-state index in [4.69, 9.17) is 18.8 Å². The predicted octanol–water partition coefficient (Wildman–Crippen LogP) is 12.7. The van der Waals surface area contributed by atoms with E-state index in [0.717, 1.165) is 83.2 Å². The van der Waals surface area contributed by atoms with Crippen LogP contribution in [0.1, 0.15) is 22.9 Å². The number of nitrogens with zero attached hydrogens (tertiary/aromatic N) is 3. The largest absolute Gasteiger partial charge is 0.456 e. The molecule has 268 valence electrons. The van der Waals surface area contributed by atoms with Gasteiger partial charge in [-0.25, -0.2) is 9.98 Å². The van der Waals surface area contributed by atoms with E-state index in [9.17, 15) is 0 Å².